The van der Waals surface area contributed by atoms with Crippen molar-refractivity contribution in [2.75, 3.05) is 38.2 Å². The van der Waals surface area contributed by atoms with Crippen LogP contribution in [0.2, 0.25) is 0 Å². The zero-order valence-electron chi connectivity index (χ0n) is 26.4. The van der Waals surface area contributed by atoms with Gasteiger partial charge in [-0.2, -0.15) is 18.2 Å². The summed E-state index contributed by atoms with van der Waals surface area (Å²) in [7, 11) is 1.45. The normalized spacial score (nSPS) is 18.1. The minimum atomic E-state index is -4.31. The van der Waals surface area contributed by atoms with E-state index in [-0.39, 0.29) is 91.4 Å². The number of oxazole rings is 1. The Bertz CT molecular complexity index is 1930. The molecule has 0 aromatic carbocycles. The minimum Gasteiger partial charge on any atom is -0.504 e. The van der Waals surface area contributed by atoms with Crippen LogP contribution in [0.25, 0.3) is 22.7 Å². The van der Waals surface area contributed by atoms with Gasteiger partial charge < -0.3 is 33.9 Å². The lowest BCUT2D eigenvalue weighted by molar-refractivity contribution is -0.199. The monoisotopic (exact) mass is 670 g/mol. The maximum absolute atomic E-state index is 14.1. The molecule has 5 heterocycles. The fourth-order valence-electron chi connectivity index (χ4n) is 6.10. The summed E-state index contributed by atoms with van der Waals surface area (Å²) >= 11 is 0. The number of aryl methyl sites for hydroxylation is 1. The lowest BCUT2D eigenvalue weighted by Crippen LogP contribution is -2.51. The molecule has 0 radical (unpaired) electrons. The van der Waals surface area contributed by atoms with Crippen LogP contribution >= 0.6 is 0 Å². The molecular weight excluding hydrogens is 637 g/mol. The van der Waals surface area contributed by atoms with Crippen LogP contribution in [-0.4, -0.2) is 91.8 Å². The van der Waals surface area contributed by atoms with E-state index in [9.17, 15) is 32.7 Å². The third kappa shape index (κ3) is 6.11. The number of halogens is 3. The predicted molar refractivity (Wildman–Crippen MR) is 165 cm³/mol. The Kier molecular flexibility index (Phi) is 8.70. The van der Waals surface area contributed by atoms with Crippen LogP contribution < -0.4 is 20.4 Å². The number of rotatable bonds is 8. The third-order valence-corrected chi connectivity index (χ3v) is 8.77. The first-order chi connectivity index (χ1) is 22.9. The van der Waals surface area contributed by atoms with Crippen LogP contribution in [0, 0.1) is 12.8 Å². The third-order valence-electron chi connectivity index (χ3n) is 8.77. The van der Waals surface area contributed by atoms with Crippen molar-refractivity contribution in [1.29, 1.82) is 0 Å². The largest absolute Gasteiger partial charge is 0.504 e. The summed E-state index contributed by atoms with van der Waals surface area (Å²) in [4.78, 5) is 60.4. The second-order valence-corrected chi connectivity index (χ2v) is 11.7. The van der Waals surface area contributed by atoms with Crippen molar-refractivity contribution in [3.63, 3.8) is 0 Å². The van der Waals surface area contributed by atoms with E-state index in [1.54, 1.807) is 28.5 Å². The highest BCUT2D eigenvalue weighted by molar-refractivity contribution is 5.95. The summed E-state index contributed by atoms with van der Waals surface area (Å²) in [6, 6.07) is 2.58. The number of pyridine rings is 2. The van der Waals surface area contributed by atoms with Crippen LogP contribution in [0.3, 0.4) is 0 Å². The van der Waals surface area contributed by atoms with E-state index >= 15 is 0 Å². The van der Waals surface area contributed by atoms with Gasteiger partial charge in [0.1, 0.15) is 18.6 Å². The van der Waals surface area contributed by atoms with Crippen LogP contribution in [0.5, 0.6) is 11.6 Å². The lowest BCUT2D eigenvalue weighted by atomic mass is 9.80. The highest BCUT2D eigenvalue weighted by Gasteiger charge is 2.48. The Balaban J connectivity index is 1.34. The number of anilines is 1. The molecule has 2 N–H and O–H groups in total. The van der Waals surface area contributed by atoms with E-state index in [0.29, 0.717) is 17.7 Å². The van der Waals surface area contributed by atoms with Gasteiger partial charge in [-0.25, -0.2) is 15.0 Å². The van der Waals surface area contributed by atoms with Crippen LogP contribution in [0.4, 0.5) is 18.9 Å². The summed E-state index contributed by atoms with van der Waals surface area (Å²) < 4.78 is 51.9. The number of hydrogen-bond acceptors (Lipinski definition) is 11. The van der Waals surface area contributed by atoms with E-state index in [4.69, 9.17) is 9.15 Å². The highest BCUT2D eigenvalue weighted by atomic mass is 19.4. The van der Waals surface area contributed by atoms with Gasteiger partial charge in [0.25, 0.3) is 5.91 Å². The van der Waals surface area contributed by atoms with Crippen LogP contribution in [0.1, 0.15) is 41.6 Å². The lowest BCUT2D eigenvalue weighted by Gasteiger charge is -2.37. The number of nitrogens with one attached hydrogen (secondary N) is 1. The molecule has 254 valence electrons. The number of hydrogen-bond donors (Lipinski definition) is 2. The summed E-state index contributed by atoms with van der Waals surface area (Å²) in [5, 5.41) is 13.0. The van der Waals surface area contributed by atoms with Crippen molar-refractivity contribution in [1.82, 2.24) is 34.7 Å². The van der Waals surface area contributed by atoms with Crippen LogP contribution in [0.15, 0.2) is 33.9 Å². The molecule has 4 aromatic heterocycles. The maximum atomic E-state index is 14.1. The minimum absolute atomic E-state index is 0.0820. The molecule has 2 fully saturated rings. The van der Waals surface area contributed by atoms with E-state index in [2.05, 4.69) is 25.3 Å². The molecule has 0 unspecified atom stereocenters. The first kappa shape index (κ1) is 32.7. The Morgan fingerprint density at radius 1 is 1.15 bits per heavy atom. The van der Waals surface area contributed by atoms with Crippen molar-refractivity contribution in [2.24, 2.45) is 5.92 Å². The van der Waals surface area contributed by atoms with Crippen molar-refractivity contribution < 1.29 is 37.0 Å². The summed E-state index contributed by atoms with van der Waals surface area (Å²) in [5.41, 5.74) is 0.890. The fraction of sp³-hybridized carbons (Fsp3) is 0.452. The van der Waals surface area contributed by atoms with Gasteiger partial charge in [0.05, 0.1) is 18.7 Å². The molecule has 1 aliphatic heterocycles. The number of carbonyl (C=O) groups is 2. The van der Waals surface area contributed by atoms with Gasteiger partial charge in [-0.15, -0.1) is 0 Å². The summed E-state index contributed by atoms with van der Waals surface area (Å²) in [6.45, 7) is 3.92. The molecule has 0 atom stereocenters. The van der Waals surface area contributed by atoms with Gasteiger partial charge in [-0.3, -0.25) is 14.4 Å². The zero-order valence-corrected chi connectivity index (χ0v) is 26.4. The average molecular weight is 671 g/mol. The second-order valence-electron chi connectivity index (χ2n) is 11.7. The molecule has 0 bridgehead atoms. The molecule has 14 nitrogen and oxygen atoms in total. The maximum Gasteiger partial charge on any atom is 0.391 e. The molecule has 1 aliphatic carbocycles. The summed E-state index contributed by atoms with van der Waals surface area (Å²) in [6.07, 6.45) is -1.73. The molecule has 4 aromatic rings. The van der Waals surface area contributed by atoms with Gasteiger partial charge in [0, 0.05) is 55.7 Å². The average Bonchev–Trinajstić information content (AvgIpc) is 3.50. The number of ether oxygens (including phenoxy) is 1. The molecule has 0 spiro atoms. The molecule has 48 heavy (non-hydrogen) atoms. The molecule has 2 amide bonds. The van der Waals surface area contributed by atoms with Crippen LogP contribution in [-0.2, 0) is 17.8 Å². The number of methoxy groups -OCH3 is 1. The van der Waals surface area contributed by atoms with Crippen molar-refractivity contribution >= 4 is 28.7 Å². The molecule has 1 saturated heterocycles. The smallest absolute Gasteiger partial charge is 0.391 e. The van der Waals surface area contributed by atoms with E-state index in [1.807, 2.05) is 6.92 Å². The van der Waals surface area contributed by atoms with E-state index in [0.717, 1.165) is 0 Å². The topological polar surface area (TPSA) is 169 Å². The first-order valence-electron chi connectivity index (χ1n) is 15.4. The predicted octanol–water partition coefficient (Wildman–Crippen LogP) is 2.85. The number of carbonyl (C=O) groups excluding carboxylic acids is 2. The van der Waals surface area contributed by atoms with Gasteiger partial charge in [-0.05, 0) is 32.3 Å². The van der Waals surface area contributed by atoms with Gasteiger partial charge in [-0.1, -0.05) is 6.92 Å². The molecule has 6 rings (SSSR count). The molecule has 17 heteroatoms. The van der Waals surface area contributed by atoms with Crippen molar-refractivity contribution in [2.45, 2.75) is 51.9 Å². The standard InChI is InChI=1S/C31H33F3N8O6/c1-4-20-24(40-7-9-41(10-8-40)30(46)23-25(44)16(2)36-15-37-23)26(45)27-28(39-29(48-27)17-5-6-35-22(11-17)47-3)42(20)14-21(43)38-19-12-18(13-19)31(32,33)34/h5-6,11,15,18-19,44H,4,7-10,12-14H2,1-3H3,(H,38,43). The number of aromatic hydroxyl groups is 1. The van der Waals surface area contributed by atoms with E-state index < -0.39 is 35.4 Å². The van der Waals surface area contributed by atoms with E-state index in [1.165, 1.54) is 24.5 Å². The number of fused-ring (bicyclic) bond motifs is 1. The Hall–Kier alpha value is -5.22. The second kappa shape index (κ2) is 12.8. The highest BCUT2D eigenvalue weighted by Crippen LogP contribution is 2.41. The Morgan fingerprint density at radius 3 is 2.54 bits per heavy atom. The molecule has 2 aliphatic rings. The number of piperazine rings is 1. The fourth-order valence-corrected chi connectivity index (χ4v) is 6.10. The summed E-state index contributed by atoms with van der Waals surface area (Å²) in [5.74, 6) is -2.39. The molecular formula is C31H33F3N8O6. The number of aromatic nitrogens is 5. The van der Waals surface area contributed by atoms with Crippen molar-refractivity contribution in [3.8, 4) is 23.1 Å². The quantitative estimate of drug-likeness (QED) is 0.283. The number of amides is 2. The Morgan fingerprint density at radius 2 is 1.88 bits per heavy atom. The molecule has 1 saturated carbocycles. The van der Waals surface area contributed by atoms with Gasteiger partial charge >= 0.3 is 6.18 Å². The first-order valence-corrected chi connectivity index (χ1v) is 15.4. The zero-order chi connectivity index (χ0) is 34.3. The van der Waals surface area contributed by atoms with Gasteiger partial charge in [0.2, 0.25) is 28.7 Å². The SMILES string of the molecule is CCc1c(N2CCN(C(=O)c3ncnc(C)c3O)CC2)c(=O)c2oc(-c3ccnc(OC)c3)nc2n1CC(=O)NC1CC(C(F)(F)F)C1. The number of nitrogens with zero attached hydrogens (tertiary/aromatic N) is 7. The number of alkyl halides is 3. The van der Waals surface area contributed by atoms with Gasteiger partial charge in [0.15, 0.2) is 17.1 Å². The Labute approximate surface area is 271 Å². The van der Waals surface area contributed by atoms with Crippen molar-refractivity contribution in [3.05, 3.63) is 52.0 Å².